The molecule has 0 bridgehead atoms. The molecule has 116 valence electrons. The highest BCUT2D eigenvalue weighted by Gasteiger charge is 2.19. The van der Waals surface area contributed by atoms with Crippen LogP contribution in [-0.2, 0) is 4.74 Å². The molecule has 5 heteroatoms. The zero-order valence-electron chi connectivity index (χ0n) is 13.1. The maximum absolute atomic E-state index is 5.65. The van der Waals surface area contributed by atoms with E-state index in [4.69, 9.17) is 4.74 Å². The Bertz CT molecular complexity index is 465. The molecule has 2 fully saturated rings. The van der Waals surface area contributed by atoms with Gasteiger partial charge < -0.3 is 15.0 Å². The fourth-order valence-corrected chi connectivity index (χ4v) is 3.07. The highest BCUT2D eigenvalue weighted by atomic mass is 16.5. The normalized spacial score (nSPS) is 23.5. The summed E-state index contributed by atoms with van der Waals surface area (Å²) in [6.45, 7) is 8.23. The third-order valence-electron chi connectivity index (χ3n) is 4.47. The van der Waals surface area contributed by atoms with E-state index in [0.29, 0.717) is 6.10 Å². The molecule has 1 atom stereocenters. The molecule has 1 aromatic heterocycles. The third-order valence-corrected chi connectivity index (χ3v) is 4.47. The maximum Gasteiger partial charge on any atom is 0.134 e. The summed E-state index contributed by atoms with van der Waals surface area (Å²) >= 11 is 0. The molecule has 0 aromatic carbocycles. The molecule has 1 aromatic rings. The molecule has 1 unspecified atom stereocenters. The minimum atomic E-state index is 0.333. The quantitative estimate of drug-likeness (QED) is 0.923. The van der Waals surface area contributed by atoms with Gasteiger partial charge in [-0.2, -0.15) is 0 Å². The Morgan fingerprint density at radius 3 is 2.81 bits per heavy atom. The smallest absolute Gasteiger partial charge is 0.134 e. The van der Waals surface area contributed by atoms with E-state index in [1.165, 1.54) is 19.3 Å². The Hall–Kier alpha value is -1.36. The molecule has 3 heterocycles. The molecular weight excluding hydrogens is 264 g/mol. The first-order valence-corrected chi connectivity index (χ1v) is 8.17. The monoisotopic (exact) mass is 290 g/mol. The van der Waals surface area contributed by atoms with Gasteiger partial charge in [-0.05, 0) is 38.5 Å². The van der Waals surface area contributed by atoms with Crippen molar-refractivity contribution in [2.75, 3.05) is 36.5 Å². The van der Waals surface area contributed by atoms with Gasteiger partial charge in [-0.25, -0.2) is 9.97 Å². The first-order valence-electron chi connectivity index (χ1n) is 8.17. The molecule has 0 aliphatic carbocycles. The standard InChI is InChI=1S/C16H26N4O/c1-12-5-7-20(8-6-12)16-10-15(18-13(2)19-16)17-11-14-4-3-9-21-14/h10,12,14H,3-9,11H2,1-2H3,(H,17,18,19). The second-order valence-electron chi connectivity index (χ2n) is 6.34. The van der Waals surface area contributed by atoms with Crippen molar-refractivity contribution in [1.29, 1.82) is 0 Å². The number of hydrogen-bond donors (Lipinski definition) is 1. The van der Waals surface area contributed by atoms with Crippen LogP contribution in [0.15, 0.2) is 6.07 Å². The van der Waals surface area contributed by atoms with Gasteiger partial charge in [0.25, 0.3) is 0 Å². The summed E-state index contributed by atoms with van der Waals surface area (Å²) < 4.78 is 5.65. The van der Waals surface area contributed by atoms with Crippen LogP contribution in [-0.4, -0.2) is 42.3 Å². The Morgan fingerprint density at radius 2 is 2.10 bits per heavy atom. The number of ether oxygens (including phenoxy) is 1. The van der Waals surface area contributed by atoms with Gasteiger partial charge in [-0.1, -0.05) is 6.92 Å². The minimum absolute atomic E-state index is 0.333. The molecule has 0 amide bonds. The summed E-state index contributed by atoms with van der Waals surface area (Å²) in [5.41, 5.74) is 0. The summed E-state index contributed by atoms with van der Waals surface area (Å²) in [6.07, 6.45) is 5.16. The Kier molecular flexibility index (Phi) is 4.58. The minimum Gasteiger partial charge on any atom is -0.376 e. The molecular formula is C16H26N4O. The summed E-state index contributed by atoms with van der Waals surface area (Å²) in [6, 6.07) is 2.08. The molecule has 2 saturated heterocycles. The van der Waals surface area contributed by atoms with Gasteiger partial charge in [0.15, 0.2) is 0 Å². The molecule has 1 N–H and O–H groups in total. The summed E-state index contributed by atoms with van der Waals surface area (Å²) in [5, 5.41) is 3.41. The van der Waals surface area contributed by atoms with Crippen LogP contribution in [0, 0.1) is 12.8 Å². The second kappa shape index (κ2) is 6.60. The first kappa shape index (κ1) is 14.6. The predicted molar refractivity (Wildman–Crippen MR) is 84.8 cm³/mol. The fourth-order valence-electron chi connectivity index (χ4n) is 3.07. The van der Waals surface area contributed by atoms with Crippen LogP contribution in [0.1, 0.15) is 38.4 Å². The van der Waals surface area contributed by atoms with Gasteiger partial charge in [0, 0.05) is 32.3 Å². The fraction of sp³-hybridized carbons (Fsp3) is 0.750. The number of aromatic nitrogens is 2. The molecule has 0 radical (unpaired) electrons. The van der Waals surface area contributed by atoms with Crippen molar-refractivity contribution >= 4 is 11.6 Å². The van der Waals surface area contributed by atoms with E-state index >= 15 is 0 Å². The van der Waals surface area contributed by atoms with Crippen LogP contribution in [0.3, 0.4) is 0 Å². The topological polar surface area (TPSA) is 50.3 Å². The number of nitrogens with zero attached hydrogens (tertiary/aromatic N) is 3. The van der Waals surface area contributed by atoms with E-state index in [0.717, 1.165) is 56.0 Å². The highest BCUT2D eigenvalue weighted by molar-refractivity contribution is 5.49. The molecule has 3 rings (SSSR count). The summed E-state index contributed by atoms with van der Waals surface area (Å²) in [7, 11) is 0. The lowest BCUT2D eigenvalue weighted by atomic mass is 9.99. The lowest BCUT2D eigenvalue weighted by Gasteiger charge is -2.31. The van der Waals surface area contributed by atoms with Crippen molar-refractivity contribution in [3.63, 3.8) is 0 Å². The molecule has 21 heavy (non-hydrogen) atoms. The number of rotatable bonds is 4. The van der Waals surface area contributed by atoms with Crippen molar-refractivity contribution < 1.29 is 4.74 Å². The summed E-state index contributed by atoms with van der Waals surface area (Å²) in [5.74, 6) is 3.65. The molecule has 2 aliphatic rings. The van der Waals surface area contributed by atoms with Crippen molar-refractivity contribution in [3.05, 3.63) is 11.9 Å². The van der Waals surface area contributed by atoms with Crippen LogP contribution in [0.5, 0.6) is 0 Å². The van der Waals surface area contributed by atoms with E-state index in [1.807, 2.05) is 6.92 Å². The van der Waals surface area contributed by atoms with Gasteiger partial charge in [-0.3, -0.25) is 0 Å². The third kappa shape index (κ3) is 3.84. The van der Waals surface area contributed by atoms with Crippen LogP contribution >= 0.6 is 0 Å². The van der Waals surface area contributed by atoms with Gasteiger partial charge in [0.05, 0.1) is 6.10 Å². The van der Waals surface area contributed by atoms with E-state index in [1.54, 1.807) is 0 Å². The number of nitrogens with one attached hydrogen (secondary N) is 1. The SMILES string of the molecule is Cc1nc(NCC2CCCO2)cc(N2CCC(C)CC2)n1. The van der Waals surface area contributed by atoms with Crippen molar-refractivity contribution in [3.8, 4) is 0 Å². The number of aryl methyl sites for hydroxylation is 1. The molecule has 5 nitrogen and oxygen atoms in total. The van der Waals surface area contributed by atoms with Crippen molar-refractivity contribution in [1.82, 2.24) is 9.97 Å². The Morgan fingerprint density at radius 1 is 1.29 bits per heavy atom. The predicted octanol–water partition coefficient (Wildman–Crippen LogP) is 2.61. The molecule has 0 saturated carbocycles. The van der Waals surface area contributed by atoms with Crippen LogP contribution in [0.4, 0.5) is 11.6 Å². The second-order valence-corrected chi connectivity index (χ2v) is 6.34. The average molecular weight is 290 g/mol. The maximum atomic E-state index is 5.65. The molecule has 0 spiro atoms. The summed E-state index contributed by atoms with van der Waals surface area (Å²) in [4.78, 5) is 11.5. The lowest BCUT2D eigenvalue weighted by molar-refractivity contribution is 0.120. The number of hydrogen-bond acceptors (Lipinski definition) is 5. The first-order chi connectivity index (χ1) is 10.2. The van der Waals surface area contributed by atoms with Crippen molar-refractivity contribution in [2.24, 2.45) is 5.92 Å². The van der Waals surface area contributed by atoms with Gasteiger partial charge in [-0.15, -0.1) is 0 Å². The Labute approximate surface area is 127 Å². The number of anilines is 2. The van der Waals surface area contributed by atoms with Crippen molar-refractivity contribution in [2.45, 2.75) is 45.6 Å². The van der Waals surface area contributed by atoms with Gasteiger partial charge >= 0.3 is 0 Å². The number of piperidine rings is 1. The zero-order valence-corrected chi connectivity index (χ0v) is 13.1. The van der Waals surface area contributed by atoms with E-state index in [9.17, 15) is 0 Å². The zero-order chi connectivity index (χ0) is 14.7. The van der Waals surface area contributed by atoms with Crippen LogP contribution in [0.2, 0.25) is 0 Å². The van der Waals surface area contributed by atoms with E-state index in [2.05, 4.69) is 33.2 Å². The van der Waals surface area contributed by atoms with Gasteiger partial charge in [0.2, 0.25) is 0 Å². The van der Waals surface area contributed by atoms with E-state index < -0.39 is 0 Å². The van der Waals surface area contributed by atoms with Crippen LogP contribution < -0.4 is 10.2 Å². The lowest BCUT2D eigenvalue weighted by Crippen LogP contribution is -2.33. The Balaban J connectivity index is 1.64. The molecule has 2 aliphatic heterocycles. The van der Waals surface area contributed by atoms with Gasteiger partial charge in [0.1, 0.15) is 17.5 Å². The van der Waals surface area contributed by atoms with E-state index in [-0.39, 0.29) is 0 Å². The average Bonchev–Trinajstić information content (AvgIpc) is 2.99. The largest absolute Gasteiger partial charge is 0.376 e. The van der Waals surface area contributed by atoms with Crippen LogP contribution in [0.25, 0.3) is 0 Å². The highest BCUT2D eigenvalue weighted by Crippen LogP contribution is 2.23.